The summed E-state index contributed by atoms with van der Waals surface area (Å²) in [7, 11) is 2.81. The third-order valence-corrected chi connectivity index (χ3v) is 3.00. The summed E-state index contributed by atoms with van der Waals surface area (Å²) in [5.41, 5.74) is 0.841. The van der Waals surface area contributed by atoms with Crippen molar-refractivity contribution in [2.45, 2.75) is 27.4 Å². The van der Waals surface area contributed by atoms with Crippen molar-refractivity contribution in [2.75, 3.05) is 14.2 Å². The van der Waals surface area contributed by atoms with Gasteiger partial charge in [0.15, 0.2) is 23.0 Å². The smallest absolute Gasteiger partial charge is 0.164 e. The minimum absolute atomic E-state index is 0.0475. The molecule has 0 saturated carbocycles. The number of aliphatic hydroxyl groups excluding tert-OH is 1. The van der Waals surface area contributed by atoms with E-state index in [0.29, 0.717) is 11.3 Å². The normalized spacial score (nSPS) is 9.20. The van der Waals surface area contributed by atoms with Crippen molar-refractivity contribution < 1.29 is 35.0 Å². The van der Waals surface area contributed by atoms with Gasteiger partial charge in [-0.25, -0.2) is 0 Å². The molecule has 7 nitrogen and oxygen atoms in total. The summed E-state index contributed by atoms with van der Waals surface area (Å²) in [6, 6.07) is 5.38. The van der Waals surface area contributed by atoms with Crippen molar-refractivity contribution in [2.24, 2.45) is 0 Å². The predicted molar refractivity (Wildman–Crippen MR) is 94.7 cm³/mol. The highest BCUT2D eigenvalue weighted by molar-refractivity contribution is 5.50. The number of hydrogen-bond donors (Lipinski definition) is 5. The molecule has 2 aromatic rings. The number of hydrogen-bond acceptors (Lipinski definition) is 7. The predicted octanol–water partition coefficient (Wildman–Crippen LogP) is 3.04. The minimum atomic E-state index is -0.337. The van der Waals surface area contributed by atoms with E-state index in [-0.39, 0.29) is 40.9 Å². The Morgan fingerprint density at radius 1 is 0.760 bits per heavy atom. The molecule has 0 saturated heterocycles. The standard InChI is InChI=1S/C8H10O4.C8H10O3.C2H6/c1-12-7-3-6(10)2-5(4-9)8(7)11;1-5-3-6(9)4-7(11-2)8(5)10;1-2/h2-3,9-11H,4H2,1H3;3-4,9-10H,1-2H3;1-2H3. The molecule has 25 heavy (non-hydrogen) atoms. The lowest BCUT2D eigenvalue weighted by atomic mass is 10.2. The molecular formula is C18H26O7. The number of methoxy groups -OCH3 is 2. The van der Waals surface area contributed by atoms with Gasteiger partial charge in [-0.1, -0.05) is 13.8 Å². The van der Waals surface area contributed by atoms with Gasteiger partial charge in [-0.3, -0.25) is 0 Å². The molecule has 0 aliphatic rings. The Balaban J connectivity index is 0.000000421. The molecule has 0 bridgehead atoms. The summed E-state index contributed by atoms with van der Waals surface area (Å²) in [6.07, 6.45) is 0. The van der Waals surface area contributed by atoms with E-state index < -0.39 is 0 Å². The van der Waals surface area contributed by atoms with Gasteiger partial charge >= 0.3 is 0 Å². The van der Waals surface area contributed by atoms with Crippen LogP contribution in [0.1, 0.15) is 25.0 Å². The maximum atomic E-state index is 9.32. The van der Waals surface area contributed by atoms with Crippen LogP contribution in [0.3, 0.4) is 0 Å². The largest absolute Gasteiger partial charge is 0.508 e. The zero-order valence-corrected chi connectivity index (χ0v) is 15.1. The van der Waals surface area contributed by atoms with Gasteiger partial charge in [0.1, 0.15) is 11.5 Å². The van der Waals surface area contributed by atoms with Crippen LogP contribution in [-0.2, 0) is 6.61 Å². The quantitative estimate of drug-likeness (QED) is 0.537. The number of rotatable bonds is 3. The van der Waals surface area contributed by atoms with Gasteiger partial charge < -0.3 is 35.0 Å². The van der Waals surface area contributed by atoms with Gasteiger partial charge in [0.2, 0.25) is 0 Å². The number of phenols is 4. The van der Waals surface area contributed by atoms with Gasteiger partial charge in [0.05, 0.1) is 20.8 Å². The van der Waals surface area contributed by atoms with E-state index in [4.69, 9.17) is 24.8 Å². The van der Waals surface area contributed by atoms with Crippen molar-refractivity contribution in [3.8, 4) is 34.5 Å². The van der Waals surface area contributed by atoms with Crippen LogP contribution in [0.25, 0.3) is 0 Å². The molecule has 2 rings (SSSR count). The summed E-state index contributed by atoms with van der Waals surface area (Å²) < 4.78 is 9.54. The van der Waals surface area contributed by atoms with Crippen LogP contribution in [-0.4, -0.2) is 39.8 Å². The fourth-order valence-corrected chi connectivity index (χ4v) is 1.81. The summed E-state index contributed by atoms with van der Waals surface area (Å²) in [6.45, 7) is 5.36. The highest BCUT2D eigenvalue weighted by Gasteiger charge is 2.08. The third-order valence-electron chi connectivity index (χ3n) is 3.00. The monoisotopic (exact) mass is 354 g/mol. The van der Waals surface area contributed by atoms with Gasteiger partial charge in [0, 0.05) is 17.7 Å². The molecule has 0 unspecified atom stereocenters. The Labute approximate surface area is 147 Å². The molecule has 0 radical (unpaired) electrons. The summed E-state index contributed by atoms with van der Waals surface area (Å²) in [4.78, 5) is 0. The molecule has 0 aliphatic heterocycles. The van der Waals surface area contributed by atoms with Gasteiger partial charge in [-0.05, 0) is 24.6 Å². The molecule has 0 amide bonds. The van der Waals surface area contributed by atoms with E-state index in [1.807, 2.05) is 13.8 Å². The van der Waals surface area contributed by atoms with Crippen molar-refractivity contribution in [1.82, 2.24) is 0 Å². The number of benzene rings is 2. The van der Waals surface area contributed by atoms with Crippen LogP contribution >= 0.6 is 0 Å². The van der Waals surface area contributed by atoms with Gasteiger partial charge in [-0.15, -0.1) is 0 Å². The lowest BCUT2D eigenvalue weighted by Gasteiger charge is -2.07. The highest BCUT2D eigenvalue weighted by atomic mass is 16.5. The van der Waals surface area contributed by atoms with Crippen LogP contribution < -0.4 is 9.47 Å². The molecule has 140 valence electrons. The summed E-state index contributed by atoms with van der Waals surface area (Å²) >= 11 is 0. The van der Waals surface area contributed by atoms with E-state index >= 15 is 0 Å². The average Bonchev–Trinajstić information content (AvgIpc) is 2.61. The third kappa shape index (κ3) is 6.31. The molecule has 0 spiro atoms. The average molecular weight is 354 g/mol. The van der Waals surface area contributed by atoms with Crippen molar-refractivity contribution in [3.63, 3.8) is 0 Å². The van der Waals surface area contributed by atoms with E-state index in [2.05, 4.69) is 0 Å². The van der Waals surface area contributed by atoms with Crippen molar-refractivity contribution in [3.05, 3.63) is 35.4 Å². The van der Waals surface area contributed by atoms with Crippen LogP contribution in [0.4, 0.5) is 0 Å². The topological polar surface area (TPSA) is 120 Å². The Morgan fingerprint density at radius 2 is 1.20 bits per heavy atom. The number of ether oxygens (including phenoxy) is 2. The van der Waals surface area contributed by atoms with E-state index in [1.54, 1.807) is 6.92 Å². The fraction of sp³-hybridized carbons (Fsp3) is 0.333. The van der Waals surface area contributed by atoms with Gasteiger partial charge in [0.25, 0.3) is 0 Å². The summed E-state index contributed by atoms with van der Waals surface area (Å²) in [5.74, 6) is 0.426. The van der Waals surface area contributed by atoms with E-state index in [9.17, 15) is 10.2 Å². The second kappa shape index (κ2) is 10.9. The van der Waals surface area contributed by atoms with Crippen molar-refractivity contribution in [1.29, 1.82) is 0 Å². The summed E-state index contributed by atoms with van der Waals surface area (Å²) in [5, 5.41) is 45.5. The number of phenolic OH excluding ortho intramolecular Hbond substituents is 3. The SMILES string of the molecule is CC.COc1cc(O)cc(C)c1O.COc1cc(O)cc(CO)c1O. The van der Waals surface area contributed by atoms with Crippen LogP contribution in [0.5, 0.6) is 34.5 Å². The first-order valence-corrected chi connectivity index (χ1v) is 7.60. The number of aromatic hydroxyl groups is 4. The maximum Gasteiger partial charge on any atom is 0.164 e. The Hall–Kier alpha value is -2.80. The second-order valence-corrected chi connectivity index (χ2v) is 4.63. The minimum Gasteiger partial charge on any atom is -0.508 e. The molecule has 7 heteroatoms. The lowest BCUT2D eigenvalue weighted by Crippen LogP contribution is -1.89. The van der Waals surface area contributed by atoms with E-state index in [1.165, 1.54) is 38.5 Å². The second-order valence-electron chi connectivity index (χ2n) is 4.63. The number of aryl methyl sites for hydroxylation is 1. The zero-order valence-electron chi connectivity index (χ0n) is 15.1. The van der Waals surface area contributed by atoms with Crippen LogP contribution in [0.15, 0.2) is 24.3 Å². The molecule has 0 aromatic heterocycles. The fourth-order valence-electron chi connectivity index (χ4n) is 1.81. The number of aliphatic hydroxyl groups is 1. The molecule has 0 aliphatic carbocycles. The highest BCUT2D eigenvalue weighted by Crippen LogP contribution is 2.34. The van der Waals surface area contributed by atoms with Gasteiger partial charge in [-0.2, -0.15) is 0 Å². The Bertz CT molecular complexity index is 644. The maximum absolute atomic E-state index is 9.32. The molecule has 2 aromatic carbocycles. The van der Waals surface area contributed by atoms with Crippen molar-refractivity contribution >= 4 is 0 Å². The first-order chi connectivity index (χ1) is 11.8. The zero-order chi connectivity index (χ0) is 19.6. The molecular weight excluding hydrogens is 328 g/mol. The molecule has 0 atom stereocenters. The first kappa shape index (κ1) is 22.2. The Kier molecular flexibility index (Phi) is 9.66. The molecule has 0 fully saturated rings. The molecule has 0 heterocycles. The Morgan fingerprint density at radius 3 is 1.64 bits per heavy atom. The molecule has 5 N–H and O–H groups in total. The van der Waals surface area contributed by atoms with E-state index in [0.717, 1.165) is 0 Å². The lowest BCUT2D eigenvalue weighted by molar-refractivity contribution is 0.271. The first-order valence-electron chi connectivity index (χ1n) is 7.60. The van der Waals surface area contributed by atoms with Crippen LogP contribution in [0, 0.1) is 6.92 Å². The van der Waals surface area contributed by atoms with Crippen LogP contribution in [0.2, 0.25) is 0 Å².